The van der Waals surface area contributed by atoms with Crippen molar-refractivity contribution in [1.29, 1.82) is 0 Å². The maximum atomic E-state index is 11.0. The average molecular weight is 340 g/mol. The van der Waals surface area contributed by atoms with Crippen LogP contribution in [0, 0.1) is 11.8 Å². The highest BCUT2D eigenvalue weighted by Gasteiger charge is 2.16. The quantitative estimate of drug-likeness (QED) is 0.714. The average Bonchev–Trinajstić information content (AvgIpc) is 3.02. The molecule has 0 radical (unpaired) electrons. The predicted molar refractivity (Wildman–Crippen MR) is 87.3 cm³/mol. The van der Waals surface area contributed by atoms with Crippen LogP contribution in [0.3, 0.4) is 0 Å². The standard InChI is InChI=1S/C17H10ClN3O3/c18-13-5-1-3-11(9-13)7-8-12-4-2-6-14(10-12)24-16-15(17(22)23)19-21-20-16/h1-6,9-10H,(H,22,23)(H,19,20,21). The molecule has 0 saturated carbocycles. The Bertz CT molecular complexity index is 957. The van der Waals surface area contributed by atoms with Crippen LogP contribution in [-0.4, -0.2) is 26.5 Å². The molecule has 0 unspecified atom stereocenters. The molecule has 7 heteroatoms. The van der Waals surface area contributed by atoms with Crippen LogP contribution in [0.1, 0.15) is 21.6 Å². The molecule has 3 aromatic rings. The third kappa shape index (κ3) is 3.72. The summed E-state index contributed by atoms with van der Waals surface area (Å²) in [4.78, 5) is 11.0. The summed E-state index contributed by atoms with van der Waals surface area (Å²) in [6.07, 6.45) is 0. The smallest absolute Gasteiger partial charge is 0.362 e. The number of aromatic nitrogens is 3. The first kappa shape index (κ1) is 15.6. The summed E-state index contributed by atoms with van der Waals surface area (Å²) in [5, 5.41) is 18.9. The van der Waals surface area contributed by atoms with E-state index >= 15 is 0 Å². The van der Waals surface area contributed by atoms with Crippen molar-refractivity contribution >= 4 is 17.6 Å². The molecule has 118 valence electrons. The number of carboxylic acids is 1. The van der Waals surface area contributed by atoms with E-state index in [1.807, 2.05) is 18.2 Å². The number of hydrogen-bond donors (Lipinski definition) is 2. The van der Waals surface area contributed by atoms with Gasteiger partial charge < -0.3 is 9.84 Å². The molecule has 0 aliphatic heterocycles. The number of aromatic amines is 1. The molecular formula is C17H10ClN3O3. The van der Waals surface area contributed by atoms with Gasteiger partial charge in [0.05, 0.1) is 0 Å². The number of carboxylic acid groups (broad SMARTS) is 1. The van der Waals surface area contributed by atoms with E-state index in [-0.39, 0.29) is 11.6 Å². The first-order valence-corrected chi connectivity index (χ1v) is 7.19. The van der Waals surface area contributed by atoms with Gasteiger partial charge in [0.25, 0.3) is 5.88 Å². The fourth-order valence-corrected chi connectivity index (χ4v) is 2.09. The van der Waals surface area contributed by atoms with E-state index in [1.165, 1.54) is 0 Å². The van der Waals surface area contributed by atoms with Gasteiger partial charge in [-0.05, 0) is 36.4 Å². The van der Waals surface area contributed by atoms with Crippen LogP contribution in [0.15, 0.2) is 48.5 Å². The third-order valence-corrected chi connectivity index (χ3v) is 3.18. The van der Waals surface area contributed by atoms with Gasteiger partial charge in [0, 0.05) is 16.1 Å². The zero-order chi connectivity index (χ0) is 16.9. The Morgan fingerprint density at radius 1 is 1.12 bits per heavy atom. The van der Waals surface area contributed by atoms with E-state index in [1.54, 1.807) is 30.3 Å². The molecule has 0 saturated heterocycles. The largest absolute Gasteiger partial charge is 0.476 e. The number of rotatable bonds is 3. The maximum absolute atomic E-state index is 11.0. The van der Waals surface area contributed by atoms with Gasteiger partial charge in [-0.2, -0.15) is 0 Å². The number of nitrogens with zero attached hydrogens (tertiary/aromatic N) is 2. The van der Waals surface area contributed by atoms with Gasteiger partial charge in [-0.25, -0.2) is 9.89 Å². The SMILES string of the molecule is O=C(O)c1nn[nH]c1Oc1cccc(C#Cc2cccc(Cl)c2)c1. The lowest BCUT2D eigenvalue weighted by molar-refractivity contribution is 0.0687. The molecule has 3 rings (SSSR count). The predicted octanol–water partition coefficient (Wildman–Crippen LogP) is 3.35. The van der Waals surface area contributed by atoms with Gasteiger partial charge in [-0.15, -0.1) is 5.10 Å². The minimum Gasteiger partial charge on any atom is -0.476 e. The van der Waals surface area contributed by atoms with E-state index in [0.717, 1.165) is 5.56 Å². The minimum atomic E-state index is -1.23. The van der Waals surface area contributed by atoms with Crippen LogP contribution in [0.25, 0.3) is 0 Å². The second-order valence-corrected chi connectivity index (χ2v) is 5.12. The molecule has 1 aromatic heterocycles. The monoisotopic (exact) mass is 339 g/mol. The minimum absolute atomic E-state index is 0.0394. The molecule has 2 aromatic carbocycles. The molecule has 0 atom stereocenters. The lowest BCUT2D eigenvalue weighted by Crippen LogP contribution is -1.99. The molecule has 0 spiro atoms. The van der Waals surface area contributed by atoms with Gasteiger partial charge in [-0.3, -0.25) is 0 Å². The number of carbonyl (C=O) groups is 1. The van der Waals surface area contributed by atoms with Crippen molar-refractivity contribution < 1.29 is 14.6 Å². The Hall–Kier alpha value is -3.30. The molecule has 0 fully saturated rings. The van der Waals surface area contributed by atoms with Crippen molar-refractivity contribution in [3.8, 4) is 23.5 Å². The van der Waals surface area contributed by atoms with Gasteiger partial charge in [0.2, 0.25) is 5.69 Å². The summed E-state index contributed by atoms with van der Waals surface area (Å²) in [6, 6.07) is 14.2. The maximum Gasteiger partial charge on any atom is 0.362 e. The van der Waals surface area contributed by atoms with E-state index in [2.05, 4.69) is 27.3 Å². The second-order valence-electron chi connectivity index (χ2n) is 4.68. The molecular weight excluding hydrogens is 330 g/mol. The lowest BCUT2D eigenvalue weighted by Gasteiger charge is -2.03. The summed E-state index contributed by atoms with van der Waals surface area (Å²) >= 11 is 5.92. The number of H-pyrrole nitrogens is 1. The molecule has 6 nitrogen and oxygen atoms in total. The topological polar surface area (TPSA) is 88.1 Å². The lowest BCUT2D eigenvalue weighted by atomic mass is 10.2. The van der Waals surface area contributed by atoms with E-state index in [4.69, 9.17) is 21.4 Å². The van der Waals surface area contributed by atoms with Gasteiger partial charge in [-0.1, -0.05) is 40.8 Å². The van der Waals surface area contributed by atoms with Crippen molar-refractivity contribution in [1.82, 2.24) is 15.4 Å². The van der Waals surface area contributed by atoms with E-state index < -0.39 is 5.97 Å². The van der Waals surface area contributed by atoms with Crippen molar-refractivity contribution in [3.63, 3.8) is 0 Å². The molecule has 2 N–H and O–H groups in total. The molecule has 0 aliphatic carbocycles. The van der Waals surface area contributed by atoms with Crippen LogP contribution in [0.4, 0.5) is 0 Å². The molecule has 1 heterocycles. The van der Waals surface area contributed by atoms with Crippen molar-refractivity contribution in [2.75, 3.05) is 0 Å². The Labute approximate surface area is 142 Å². The number of halogens is 1. The number of aromatic carboxylic acids is 1. The number of hydrogen-bond acceptors (Lipinski definition) is 4. The van der Waals surface area contributed by atoms with Crippen LogP contribution < -0.4 is 4.74 Å². The van der Waals surface area contributed by atoms with Crippen molar-refractivity contribution in [2.24, 2.45) is 0 Å². The molecule has 0 bridgehead atoms. The van der Waals surface area contributed by atoms with Crippen LogP contribution >= 0.6 is 11.6 Å². The normalized spacial score (nSPS) is 9.88. The second kappa shape index (κ2) is 6.86. The highest BCUT2D eigenvalue weighted by Crippen LogP contribution is 2.22. The number of ether oxygens (including phenoxy) is 1. The van der Waals surface area contributed by atoms with E-state index in [0.29, 0.717) is 16.3 Å². The number of nitrogens with one attached hydrogen (secondary N) is 1. The van der Waals surface area contributed by atoms with E-state index in [9.17, 15) is 4.79 Å². The third-order valence-electron chi connectivity index (χ3n) is 2.95. The summed E-state index contributed by atoms with van der Waals surface area (Å²) < 4.78 is 5.47. The fraction of sp³-hybridized carbons (Fsp3) is 0. The highest BCUT2D eigenvalue weighted by molar-refractivity contribution is 6.30. The van der Waals surface area contributed by atoms with Gasteiger partial charge >= 0.3 is 5.97 Å². The first-order valence-electron chi connectivity index (χ1n) is 6.81. The zero-order valence-corrected chi connectivity index (χ0v) is 12.9. The Balaban J connectivity index is 1.82. The van der Waals surface area contributed by atoms with Crippen LogP contribution in [0.2, 0.25) is 5.02 Å². The van der Waals surface area contributed by atoms with Gasteiger partial charge in [0.1, 0.15) is 5.75 Å². The fourth-order valence-electron chi connectivity index (χ4n) is 1.90. The summed E-state index contributed by atoms with van der Waals surface area (Å²) in [5.74, 6) is 5.15. The Kier molecular flexibility index (Phi) is 4.45. The van der Waals surface area contributed by atoms with Gasteiger partial charge in [0.15, 0.2) is 0 Å². The first-order chi connectivity index (χ1) is 11.6. The van der Waals surface area contributed by atoms with Crippen molar-refractivity contribution in [2.45, 2.75) is 0 Å². The molecule has 0 aliphatic rings. The Morgan fingerprint density at radius 2 is 1.83 bits per heavy atom. The van der Waals surface area contributed by atoms with Crippen LogP contribution in [0.5, 0.6) is 11.6 Å². The number of benzene rings is 2. The van der Waals surface area contributed by atoms with Crippen molar-refractivity contribution in [3.05, 3.63) is 70.4 Å². The summed E-state index contributed by atoms with van der Waals surface area (Å²) in [7, 11) is 0. The molecule has 0 amide bonds. The summed E-state index contributed by atoms with van der Waals surface area (Å²) in [5.41, 5.74) is 1.21. The highest BCUT2D eigenvalue weighted by atomic mass is 35.5. The van der Waals surface area contributed by atoms with Crippen LogP contribution in [-0.2, 0) is 0 Å². The Morgan fingerprint density at radius 3 is 2.54 bits per heavy atom. The molecule has 24 heavy (non-hydrogen) atoms. The zero-order valence-electron chi connectivity index (χ0n) is 12.2. The summed E-state index contributed by atoms with van der Waals surface area (Å²) in [6.45, 7) is 0.